The zero-order valence-corrected chi connectivity index (χ0v) is 10.9. The molecule has 4 heteroatoms. The van der Waals surface area contributed by atoms with Crippen LogP contribution in [0.1, 0.15) is 33.6 Å². The Balaban J connectivity index is 3.79. The first-order valence-corrected chi connectivity index (χ1v) is 6.00. The molecule has 0 amide bonds. The van der Waals surface area contributed by atoms with Crippen LogP contribution in [0.2, 0.25) is 0 Å². The molecular weight excluding hydrogens is 206 g/mol. The largest absolute Gasteiger partial charge is 0.468 e. The summed E-state index contributed by atoms with van der Waals surface area (Å²) in [6.45, 7) is 8.35. The molecule has 0 aliphatic carbocycles. The van der Waals surface area contributed by atoms with E-state index in [9.17, 15) is 4.79 Å². The zero-order valence-electron chi connectivity index (χ0n) is 10.9. The highest BCUT2D eigenvalue weighted by Crippen LogP contribution is 2.05. The van der Waals surface area contributed by atoms with Crippen LogP contribution in [0.4, 0.5) is 0 Å². The van der Waals surface area contributed by atoms with Gasteiger partial charge in [0.1, 0.15) is 6.04 Å². The molecule has 4 nitrogen and oxygen atoms in total. The van der Waals surface area contributed by atoms with Crippen molar-refractivity contribution in [3.63, 3.8) is 0 Å². The van der Waals surface area contributed by atoms with E-state index in [-0.39, 0.29) is 12.0 Å². The van der Waals surface area contributed by atoms with Gasteiger partial charge in [-0.15, -0.1) is 0 Å². The summed E-state index contributed by atoms with van der Waals surface area (Å²) in [5, 5.41) is 3.16. The number of rotatable bonds is 9. The Morgan fingerprint density at radius 3 is 2.50 bits per heavy atom. The summed E-state index contributed by atoms with van der Waals surface area (Å²) in [7, 11) is 1.42. The van der Waals surface area contributed by atoms with Crippen molar-refractivity contribution in [3.8, 4) is 0 Å². The molecule has 0 spiro atoms. The van der Waals surface area contributed by atoms with Crippen LogP contribution in [0, 0.1) is 5.92 Å². The van der Waals surface area contributed by atoms with Gasteiger partial charge in [-0.25, -0.2) is 0 Å². The average Bonchev–Trinajstić information content (AvgIpc) is 2.25. The number of carbonyl (C=O) groups excluding carboxylic acids is 1. The van der Waals surface area contributed by atoms with Gasteiger partial charge in [-0.3, -0.25) is 4.79 Å². The van der Waals surface area contributed by atoms with Gasteiger partial charge in [0.05, 0.1) is 13.7 Å². The third-order valence-electron chi connectivity index (χ3n) is 2.18. The van der Waals surface area contributed by atoms with Crippen molar-refractivity contribution in [3.05, 3.63) is 0 Å². The molecule has 0 radical (unpaired) electrons. The van der Waals surface area contributed by atoms with Gasteiger partial charge in [0, 0.05) is 13.2 Å². The highest BCUT2D eigenvalue weighted by atomic mass is 16.5. The number of hydrogen-bond acceptors (Lipinski definition) is 4. The summed E-state index contributed by atoms with van der Waals surface area (Å²) >= 11 is 0. The van der Waals surface area contributed by atoms with Gasteiger partial charge in [-0.1, -0.05) is 20.8 Å². The van der Waals surface area contributed by atoms with Gasteiger partial charge in [0.2, 0.25) is 0 Å². The molecule has 16 heavy (non-hydrogen) atoms. The van der Waals surface area contributed by atoms with Crippen LogP contribution in [-0.2, 0) is 14.3 Å². The van der Waals surface area contributed by atoms with Gasteiger partial charge < -0.3 is 14.8 Å². The van der Waals surface area contributed by atoms with E-state index in [1.54, 1.807) is 0 Å². The topological polar surface area (TPSA) is 47.6 Å². The molecule has 0 heterocycles. The summed E-state index contributed by atoms with van der Waals surface area (Å²) in [6.07, 6.45) is 1.81. The Morgan fingerprint density at radius 2 is 2.00 bits per heavy atom. The van der Waals surface area contributed by atoms with Crippen molar-refractivity contribution in [2.45, 2.75) is 39.7 Å². The monoisotopic (exact) mass is 231 g/mol. The molecular formula is C12H25NO3. The SMILES string of the molecule is CCCOCCNC(CC(C)C)C(=O)OC. The molecule has 1 unspecified atom stereocenters. The predicted molar refractivity (Wildman–Crippen MR) is 64.4 cm³/mol. The fourth-order valence-electron chi connectivity index (χ4n) is 1.43. The first kappa shape index (κ1) is 15.4. The quantitative estimate of drug-likeness (QED) is 0.483. The molecule has 96 valence electrons. The third kappa shape index (κ3) is 7.65. The number of methoxy groups -OCH3 is 1. The van der Waals surface area contributed by atoms with E-state index in [0.717, 1.165) is 19.4 Å². The summed E-state index contributed by atoms with van der Waals surface area (Å²) in [4.78, 5) is 11.4. The standard InChI is InChI=1S/C12H25NO3/c1-5-7-16-8-6-13-11(9-10(2)3)12(14)15-4/h10-11,13H,5-9H2,1-4H3. The van der Waals surface area contributed by atoms with Crippen molar-refractivity contribution >= 4 is 5.97 Å². The molecule has 0 aromatic heterocycles. The minimum atomic E-state index is -0.213. The molecule has 1 atom stereocenters. The van der Waals surface area contributed by atoms with Crippen molar-refractivity contribution in [2.75, 3.05) is 26.9 Å². The summed E-state index contributed by atoms with van der Waals surface area (Å²) in [6, 6.07) is -0.213. The maximum absolute atomic E-state index is 11.4. The lowest BCUT2D eigenvalue weighted by atomic mass is 10.0. The Bertz CT molecular complexity index is 183. The lowest BCUT2D eigenvalue weighted by Gasteiger charge is -2.18. The maximum Gasteiger partial charge on any atom is 0.322 e. The van der Waals surface area contributed by atoms with Crippen molar-refractivity contribution in [2.24, 2.45) is 5.92 Å². The lowest BCUT2D eigenvalue weighted by Crippen LogP contribution is -2.40. The van der Waals surface area contributed by atoms with E-state index < -0.39 is 0 Å². The predicted octanol–water partition coefficient (Wildman–Crippen LogP) is 1.59. The molecule has 1 N–H and O–H groups in total. The van der Waals surface area contributed by atoms with E-state index in [0.29, 0.717) is 19.1 Å². The number of nitrogens with one attached hydrogen (secondary N) is 1. The molecule has 0 saturated heterocycles. The molecule has 0 aromatic rings. The summed E-state index contributed by atoms with van der Waals surface area (Å²) in [5.41, 5.74) is 0. The fourth-order valence-corrected chi connectivity index (χ4v) is 1.43. The molecule has 0 saturated carbocycles. The number of hydrogen-bond donors (Lipinski definition) is 1. The molecule has 0 aliphatic heterocycles. The van der Waals surface area contributed by atoms with Crippen LogP contribution in [-0.4, -0.2) is 38.9 Å². The Hall–Kier alpha value is -0.610. The Morgan fingerprint density at radius 1 is 1.31 bits per heavy atom. The minimum absolute atomic E-state index is 0.191. The van der Waals surface area contributed by atoms with E-state index in [1.807, 2.05) is 0 Å². The van der Waals surface area contributed by atoms with Crippen LogP contribution >= 0.6 is 0 Å². The smallest absolute Gasteiger partial charge is 0.322 e. The minimum Gasteiger partial charge on any atom is -0.468 e. The van der Waals surface area contributed by atoms with Crippen molar-refractivity contribution in [1.29, 1.82) is 0 Å². The molecule has 0 bridgehead atoms. The molecule has 0 rings (SSSR count). The third-order valence-corrected chi connectivity index (χ3v) is 2.18. The molecule has 0 aromatic carbocycles. The average molecular weight is 231 g/mol. The fraction of sp³-hybridized carbons (Fsp3) is 0.917. The highest BCUT2D eigenvalue weighted by molar-refractivity contribution is 5.75. The second kappa shape index (κ2) is 9.60. The second-order valence-electron chi connectivity index (χ2n) is 4.27. The van der Waals surface area contributed by atoms with Crippen molar-refractivity contribution in [1.82, 2.24) is 5.32 Å². The van der Waals surface area contributed by atoms with Crippen LogP contribution in [0.5, 0.6) is 0 Å². The van der Waals surface area contributed by atoms with Gasteiger partial charge >= 0.3 is 5.97 Å². The molecule has 0 aliphatic rings. The van der Waals surface area contributed by atoms with Gasteiger partial charge in [0.15, 0.2) is 0 Å². The number of ether oxygens (including phenoxy) is 2. The molecule has 0 fully saturated rings. The van der Waals surface area contributed by atoms with Crippen LogP contribution in [0.15, 0.2) is 0 Å². The maximum atomic E-state index is 11.4. The van der Waals surface area contributed by atoms with Crippen LogP contribution in [0.3, 0.4) is 0 Å². The highest BCUT2D eigenvalue weighted by Gasteiger charge is 2.19. The second-order valence-corrected chi connectivity index (χ2v) is 4.27. The Kier molecular flexibility index (Phi) is 9.24. The van der Waals surface area contributed by atoms with E-state index in [4.69, 9.17) is 9.47 Å². The first-order chi connectivity index (χ1) is 7.61. The van der Waals surface area contributed by atoms with E-state index >= 15 is 0 Å². The normalized spacial score (nSPS) is 12.8. The van der Waals surface area contributed by atoms with Gasteiger partial charge in [-0.05, 0) is 18.8 Å². The number of esters is 1. The van der Waals surface area contributed by atoms with Crippen molar-refractivity contribution < 1.29 is 14.3 Å². The number of carbonyl (C=O) groups is 1. The summed E-state index contributed by atoms with van der Waals surface area (Å²) in [5.74, 6) is 0.275. The summed E-state index contributed by atoms with van der Waals surface area (Å²) < 4.78 is 10.1. The van der Waals surface area contributed by atoms with Gasteiger partial charge in [0.25, 0.3) is 0 Å². The van der Waals surface area contributed by atoms with E-state index in [2.05, 4.69) is 26.1 Å². The van der Waals surface area contributed by atoms with Crippen LogP contribution in [0.25, 0.3) is 0 Å². The Labute approximate surface area is 98.7 Å². The lowest BCUT2D eigenvalue weighted by molar-refractivity contribution is -0.143. The first-order valence-electron chi connectivity index (χ1n) is 6.00. The van der Waals surface area contributed by atoms with Crippen LogP contribution < -0.4 is 5.32 Å². The van der Waals surface area contributed by atoms with E-state index in [1.165, 1.54) is 7.11 Å². The zero-order chi connectivity index (χ0) is 12.4. The van der Waals surface area contributed by atoms with Gasteiger partial charge in [-0.2, -0.15) is 0 Å².